The molecule has 20 heavy (non-hydrogen) atoms. The Hall–Kier alpha value is -1.95. The maximum atomic E-state index is 11.8. The van der Waals surface area contributed by atoms with Crippen molar-refractivity contribution in [2.75, 3.05) is 19.6 Å². The van der Waals surface area contributed by atoms with Crippen molar-refractivity contribution < 1.29 is 9.72 Å². The molecule has 1 fully saturated rings. The number of hydrogen-bond donors (Lipinski definition) is 1. The lowest BCUT2D eigenvalue weighted by molar-refractivity contribution is -0.384. The molecule has 6 heteroatoms. The van der Waals surface area contributed by atoms with Gasteiger partial charge >= 0.3 is 0 Å². The first-order chi connectivity index (χ1) is 9.66. The maximum absolute atomic E-state index is 11.8. The average Bonchev–Trinajstić information content (AvgIpc) is 2.98. The van der Waals surface area contributed by atoms with E-state index in [1.54, 1.807) is 12.1 Å². The van der Waals surface area contributed by atoms with Crippen LogP contribution in [0.25, 0.3) is 0 Å². The van der Waals surface area contributed by atoms with Crippen LogP contribution in [-0.4, -0.2) is 35.4 Å². The molecule has 108 valence electrons. The third-order valence-corrected chi connectivity index (χ3v) is 3.45. The predicted molar refractivity (Wildman–Crippen MR) is 75.2 cm³/mol. The lowest BCUT2D eigenvalue weighted by Gasteiger charge is -2.15. The van der Waals surface area contributed by atoms with E-state index >= 15 is 0 Å². The average molecular weight is 277 g/mol. The molecule has 1 saturated heterocycles. The minimum Gasteiger partial charge on any atom is -0.343 e. The van der Waals surface area contributed by atoms with Crippen LogP contribution in [0.4, 0.5) is 5.69 Å². The van der Waals surface area contributed by atoms with Gasteiger partial charge in [-0.25, -0.2) is 0 Å². The van der Waals surface area contributed by atoms with Crippen molar-refractivity contribution in [2.24, 2.45) is 0 Å². The minimum atomic E-state index is -0.411. The Labute approximate surface area is 117 Å². The normalized spacial score (nSPS) is 14.5. The zero-order valence-electron chi connectivity index (χ0n) is 11.4. The molecule has 1 aromatic rings. The third kappa shape index (κ3) is 4.03. The second-order valence-electron chi connectivity index (χ2n) is 4.94. The number of non-ortho nitro benzene ring substituents is 1. The molecule has 1 amide bonds. The Balaban J connectivity index is 1.67. The SMILES string of the molecule is O=C(CCNCc1ccc([N+](=O)[O-])cc1)N1CCCC1. The van der Waals surface area contributed by atoms with Crippen LogP contribution in [0.2, 0.25) is 0 Å². The highest BCUT2D eigenvalue weighted by molar-refractivity contribution is 5.76. The van der Waals surface area contributed by atoms with Crippen molar-refractivity contribution in [3.63, 3.8) is 0 Å². The van der Waals surface area contributed by atoms with Gasteiger partial charge in [-0.2, -0.15) is 0 Å². The summed E-state index contributed by atoms with van der Waals surface area (Å²) in [6.45, 7) is 3.03. The molecule has 0 unspecified atom stereocenters. The summed E-state index contributed by atoms with van der Waals surface area (Å²) in [6.07, 6.45) is 2.73. The Bertz CT molecular complexity index is 467. The lowest BCUT2D eigenvalue weighted by Crippen LogP contribution is -2.30. The molecular weight excluding hydrogens is 258 g/mol. The number of benzene rings is 1. The zero-order chi connectivity index (χ0) is 14.4. The van der Waals surface area contributed by atoms with Crippen molar-refractivity contribution in [1.82, 2.24) is 10.2 Å². The number of rotatable bonds is 6. The molecule has 6 nitrogen and oxygen atoms in total. The van der Waals surface area contributed by atoms with Gasteiger partial charge in [0.1, 0.15) is 0 Å². The molecule has 0 aliphatic carbocycles. The van der Waals surface area contributed by atoms with Gasteiger partial charge in [0, 0.05) is 44.7 Å². The summed E-state index contributed by atoms with van der Waals surface area (Å²) in [6, 6.07) is 6.44. The van der Waals surface area contributed by atoms with Crippen molar-refractivity contribution in [3.8, 4) is 0 Å². The van der Waals surface area contributed by atoms with E-state index in [9.17, 15) is 14.9 Å². The largest absolute Gasteiger partial charge is 0.343 e. The minimum absolute atomic E-state index is 0.0953. The predicted octanol–water partition coefficient (Wildman–Crippen LogP) is 1.70. The Kier molecular flexibility index (Phi) is 5.06. The highest BCUT2D eigenvalue weighted by Crippen LogP contribution is 2.12. The summed E-state index contributed by atoms with van der Waals surface area (Å²) in [4.78, 5) is 23.8. The maximum Gasteiger partial charge on any atom is 0.269 e. The topological polar surface area (TPSA) is 75.5 Å². The fourth-order valence-electron chi connectivity index (χ4n) is 2.29. The molecule has 2 rings (SSSR count). The highest BCUT2D eigenvalue weighted by atomic mass is 16.6. The van der Waals surface area contributed by atoms with Crippen LogP contribution in [0.5, 0.6) is 0 Å². The molecule has 1 aliphatic rings. The van der Waals surface area contributed by atoms with E-state index < -0.39 is 4.92 Å². The molecule has 1 N–H and O–H groups in total. The van der Waals surface area contributed by atoms with Gasteiger partial charge in [0.2, 0.25) is 5.91 Å². The van der Waals surface area contributed by atoms with Gasteiger partial charge in [0.15, 0.2) is 0 Å². The molecule has 1 aliphatic heterocycles. The fourth-order valence-corrected chi connectivity index (χ4v) is 2.29. The number of carbonyl (C=O) groups excluding carboxylic acids is 1. The van der Waals surface area contributed by atoms with Gasteiger partial charge in [-0.1, -0.05) is 12.1 Å². The lowest BCUT2D eigenvalue weighted by atomic mass is 10.2. The molecule has 1 heterocycles. The summed E-state index contributed by atoms with van der Waals surface area (Å²) in [7, 11) is 0. The quantitative estimate of drug-likeness (QED) is 0.488. The molecule has 0 saturated carbocycles. The fraction of sp³-hybridized carbons (Fsp3) is 0.500. The van der Waals surface area contributed by atoms with Gasteiger partial charge in [-0.15, -0.1) is 0 Å². The van der Waals surface area contributed by atoms with Gasteiger partial charge in [-0.3, -0.25) is 14.9 Å². The number of likely N-dealkylation sites (tertiary alicyclic amines) is 1. The number of carbonyl (C=O) groups is 1. The smallest absolute Gasteiger partial charge is 0.269 e. The number of nitrogens with one attached hydrogen (secondary N) is 1. The van der Waals surface area contributed by atoms with Crippen molar-refractivity contribution in [3.05, 3.63) is 39.9 Å². The summed E-state index contributed by atoms with van der Waals surface area (Å²) >= 11 is 0. The van der Waals surface area contributed by atoms with Gasteiger partial charge < -0.3 is 10.2 Å². The summed E-state index contributed by atoms with van der Waals surface area (Å²) < 4.78 is 0. The standard InChI is InChI=1S/C14H19N3O3/c18-14(16-9-1-2-10-16)7-8-15-11-12-3-5-13(6-4-12)17(19)20/h3-6,15H,1-2,7-11H2. The van der Waals surface area contributed by atoms with Crippen LogP contribution in [0.3, 0.4) is 0 Å². The Morgan fingerprint density at radius 1 is 1.25 bits per heavy atom. The molecule has 0 bridgehead atoms. The highest BCUT2D eigenvalue weighted by Gasteiger charge is 2.16. The first kappa shape index (κ1) is 14.5. The number of amides is 1. The Morgan fingerprint density at radius 2 is 1.90 bits per heavy atom. The second-order valence-corrected chi connectivity index (χ2v) is 4.94. The van der Waals surface area contributed by atoms with Crippen LogP contribution in [-0.2, 0) is 11.3 Å². The first-order valence-electron chi connectivity index (χ1n) is 6.88. The van der Waals surface area contributed by atoms with Crippen molar-refractivity contribution >= 4 is 11.6 Å². The number of nitro groups is 1. The number of hydrogen-bond acceptors (Lipinski definition) is 4. The van der Waals surface area contributed by atoms with Crippen LogP contribution in [0, 0.1) is 10.1 Å². The van der Waals surface area contributed by atoms with Gasteiger partial charge in [-0.05, 0) is 18.4 Å². The van der Waals surface area contributed by atoms with E-state index in [4.69, 9.17) is 0 Å². The van der Waals surface area contributed by atoms with E-state index in [0.717, 1.165) is 31.5 Å². The molecular formula is C14H19N3O3. The molecule has 0 atom stereocenters. The number of nitro benzene ring substituents is 1. The van der Waals surface area contributed by atoms with Crippen molar-refractivity contribution in [2.45, 2.75) is 25.8 Å². The zero-order valence-corrected chi connectivity index (χ0v) is 11.4. The van der Waals surface area contributed by atoms with Gasteiger partial charge in [0.05, 0.1) is 4.92 Å². The third-order valence-electron chi connectivity index (χ3n) is 3.45. The van der Waals surface area contributed by atoms with E-state index in [0.29, 0.717) is 19.5 Å². The monoisotopic (exact) mass is 277 g/mol. The molecule has 0 spiro atoms. The van der Waals surface area contributed by atoms with E-state index in [1.807, 2.05) is 4.90 Å². The van der Waals surface area contributed by atoms with E-state index in [2.05, 4.69) is 5.32 Å². The van der Waals surface area contributed by atoms with Crippen LogP contribution in [0.15, 0.2) is 24.3 Å². The van der Waals surface area contributed by atoms with Crippen molar-refractivity contribution in [1.29, 1.82) is 0 Å². The summed E-state index contributed by atoms with van der Waals surface area (Å²) in [5.41, 5.74) is 1.07. The molecule has 0 aromatic heterocycles. The molecule has 1 aromatic carbocycles. The molecule has 0 radical (unpaired) electrons. The first-order valence-corrected chi connectivity index (χ1v) is 6.88. The van der Waals surface area contributed by atoms with Crippen LogP contribution < -0.4 is 5.32 Å². The summed E-state index contributed by atoms with van der Waals surface area (Å²) in [5, 5.41) is 13.7. The number of nitrogens with zero attached hydrogens (tertiary/aromatic N) is 2. The second kappa shape index (κ2) is 7.00. The van der Waals surface area contributed by atoms with Crippen LogP contribution >= 0.6 is 0 Å². The van der Waals surface area contributed by atoms with E-state index in [-0.39, 0.29) is 11.6 Å². The van der Waals surface area contributed by atoms with E-state index in [1.165, 1.54) is 12.1 Å². The Morgan fingerprint density at radius 3 is 2.50 bits per heavy atom. The summed E-state index contributed by atoms with van der Waals surface area (Å²) in [5.74, 6) is 0.207. The van der Waals surface area contributed by atoms with Gasteiger partial charge in [0.25, 0.3) is 5.69 Å². The van der Waals surface area contributed by atoms with Crippen LogP contribution in [0.1, 0.15) is 24.8 Å².